The first kappa shape index (κ1) is 25.6. The quantitative estimate of drug-likeness (QED) is 0.326. The highest BCUT2D eigenvalue weighted by atomic mass is 16.1. The summed E-state index contributed by atoms with van der Waals surface area (Å²) in [6, 6.07) is 16.4. The third-order valence-electron chi connectivity index (χ3n) is 7.45. The molecule has 2 heteroatoms. The van der Waals surface area contributed by atoms with Crippen LogP contribution in [-0.4, -0.2) is 11.5 Å². The average molecular weight is 476 g/mol. The Morgan fingerprint density at radius 1 is 0.972 bits per heavy atom. The fourth-order valence-electron chi connectivity index (χ4n) is 5.16. The smallest absolute Gasteiger partial charge is 0.159 e. The number of nitrogens with zero attached hydrogens (tertiary/aromatic N) is 1. The van der Waals surface area contributed by atoms with Gasteiger partial charge in [-0.25, -0.2) is 0 Å². The second-order valence-corrected chi connectivity index (χ2v) is 10.2. The molecule has 0 radical (unpaired) electrons. The molecule has 1 aliphatic heterocycles. The molecule has 2 aromatic carbocycles. The number of hydrogen-bond acceptors (Lipinski definition) is 2. The molecule has 0 aromatic heterocycles. The minimum atomic E-state index is 0.0553. The third-order valence-corrected chi connectivity index (χ3v) is 7.45. The van der Waals surface area contributed by atoms with E-state index in [9.17, 15) is 4.79 Å². The van der Waals surface area contributed by atoms with Gasteiger partial charge >= 0.3 is 0 Å². The first-order chi connectivity index (χ1) is 17.5. The number of aryl methyl sites for hydroxylation is 1. The number of hydrogen-bond donors (Lipinski definition) is 0. The van der Waals surface area contributed by atoms with Crippen molar-refractivity contribution in [2.24, 2.45) is 22.7 Å². The van der Waals surface area contributed by atoms with E-state index in [2.05, 4.69) is 61.0 Å². The Hall–Kier alpha value is -3.44. The van der Waals surface area contributed by atoms with E-state index in [0.717, 1.165) is 28.7 Å². The maximum atomic E-state index is 11.4. The van der Waals surface area contributed by atoms with Gasteiger partial charge in [0.15, 0.2) is 5.78 Å². The molecule has 0 saturated heterocycles. The van der Waals surface area contributed by atoms with E-state index in [4.69, 9.17) is 0 Å². The van der Waals surface area contributed by atoms with Gasteiger partial charge in [-0.05, 0) is 73.8 Å². The van der Waals surface area contributed by atoms with E-state index in [0.29, 0.717) is 5.56 Å². The zero-order valence-corrected chi connectivity index (χ0v) is 21.8. The van der Waals surface area contributed by atoms with Crippen molar-refractivity contribution in [2.45, 2.75) is 59.3 Å². The number of benzene rings is 2. The Labute approximate surface area is 216 Å². The molecule has 0 bridgehead atoms. The minimum Gasteiger partial charge on any atom is -0.295 e. The lowest BCUT2D eigenvalue weighted by molar-refractivity contribution is 0.101. The molecule has 0 N–H and O–H groups in total. The lowest BCUT2D eigenvalue weighted by Crippen LogP contribution is -2.15. The largest absolute Gasteiger partial charge is 0.295 e. The topological polar surface area (TPSA) is 29.4 Å². The third kappa shape index (κ3) is 6.82. The van der Waals surface area contributed by atoms with Crippen molar-refractivity contribution < 1.29 is 4.79 Å². The van der Waals surface area contributed by atoms with Gasteiger partial charge in [-0.1, -0.05) is 93.2 Å². The van der Waals surface area contributed by atoms with E-state index < -0.39 is 0 Å². The van der Waals surface area contributed by atoms with E-state index in [-0.39, 0.29) is 11.7 Å². The van der Waals surface area contributed by atoms with Crippen molar-refractivity contribution in [1.82, 2.24) is 0 Å². The van der Waals surface area contributed by atoms with Crippen LogP contribution >= 0.6 is 0 Å². The van der Waals surface area contributed by atoms with Crippen LogP contribution in [-0.2, 0) is 12.8 Å². The molecule has 1 fully saturated rings. The van der Waals surface area contributed by atoms with Crippen molar-refractivity contribution >= 4 is 11.5 Å². The van der Waals surface area contributed by atoms with Crippen LogP contribution in [0, 0.1) is 29.6 Å². The van der Waals surface area contributed by atoms with Gasteiger partial charge in [0.25, 0.3) is 0 Å². The summed E-state index contributed by atoms with van der Waals surface area (Å²) in [5.41, 5.74) is 6.73. The molecular formula is C34H37NO. The Morgan fingerprint density at radius 2 is 1.75 bits per heavy atom. The number of fused-ring (bicyclic) bond motifs is 1. The lowest BCUT2D eigenvalue weighted by atomic mass is 9.79. The Morgan fingerprint density at radius 3 is 2.50 bits per heavy atom. The van der Waals surface area contributed by atoms with Crippen LogP contribution in [0.2, 0.25) is 0 Å². The molecule has 1 saturated carbocycles. The summed E-state index contributed by atoms with van der Waals surface area (Å²) in [6.45, 7) is 6.23. The first-order valence-electron chi connectivity index (χ1n) is 13.4. The second kappa shape index (κ2) is 12.5. The van der Waals surface area contributed by atoms with E-state index in [1.54, 1.807) is 24.1 Å². The molecule has 2 aromatic rings. The van der Waals surface area contributed by atoms with E-state index in [1.807, 2.05) is 42.6 Å². The molecule has 1 atom stereocenters. The van der Waals surface area contributed by atoms with Crippen molar-refractivity contribution in [2.75, 3.05) is 0 Å². The van der Waals surface area contributed by atoms with E-state index >= 15 is 0 Å². The number of carbonyl (C=O) groups excluding carboxylic acids is 1. The molecule has 0 spiro atoms. The summed E-state index contributed by atoms with van der Waals surface area (Å²) in [6.07, 6.45) is 18.2. The maximum Gasteiger partial charge on any atom is 0.159 e. The number of allylic oxidation sites excluding steroid dienone is 5. The van der Waals surface area contributed by atoms with Crippen LogP contribution < -0.4 is 0 Å². The van der Waals surface area contributed by atoms with Gasteiger partial charge in [0.2, 0.25) is 0 Å². The van der Waals surface area contributed by atoms with Crippen LogP contribution in [0.15, 0.2) is 89.6 Å². The van der Waals surface area contributed by atoms with Crippen LogP contribution in [0.25, 0.3) is 0 Å². The van der Waals surface area contributed by atoms with Crippen molar-refractivity contribution in [3.63, 3.8) is 0 Å². The van der Waals surface area contributed by atoms with Gasteiger partial charge in [-0.3, -0.25) is 9.79 Å². The predicted octanol–water partition coefficient (Wildman–Crippen LogP) is 7.94. The highest BCUT2D eigenvalue weighted by Crippen LogP contribution is 2.31. The summed E-state index contributed by atoms with van der Waals surface area (Å²) >= 11 is 0. The Kier molecular flexibility index (Phi) is 8.90. The number of aliphatic imine (C=N–C) groups is 1. The van der Waals surface area contributed by atoms with Gasteiger partial charge in [-0.2, -0.15) is 0 Å². The predicted molar refractivity (Wildman–Crippen MR) is 151 cm³/mol. The number of rotatable bonds is 4. The van der Waals surface area contributed by atoms with Crippen molar-refractivity contribution in [3.05, 3.63) is 107 Å². The monoisotopic (exact) mass is 475 g/mol. The highest BCUT2D eigenvalue weighted by Gasteiger charge is 2.21. The normalized spacial score (nSPS) is 21.8. The number of ketones is 1. The summed E-state index contributed by atoms with van der Waals surface area (Å²) < 4.78 is 0. The van der Waals surface area contributed by atoms with Crippen molar-refractivity contribution in [3.8, 4) is 11.8 Å². The summed E-state index contributed by atoms with van der Waals surface area (Å²) in [5.74, 6) is 8.43. The molecule has 3 aliphatic rings. The second-order valence-electron chi connectivity index (χ2n) is 10.2. The zero-order chi connectivity index (χ0) is 25.3. The lowest BCUT2D eigenvalue weighted by Gasteiger charge is -2.26. The molecule has 1 unspecified atom stereocenters. The van der Waals surface area contributed by atoms with Gasteiger partial charge in [0.05, 0.1) is 11.6 Å². The summed E-state index contributed by atoms with van der Waals surface area (Å²) in [4.78, 5) is 15.7. The van der Waals surface area contributed by atoms with Crippen LogP contribution in [0.3, 0.4) is 0 Å². The van der Waals surface area contributed by atoms with Gasteiger partial charge in [-0.15, -0.1) is 0 Å². The van der Waals surface area contributed by atoms with Crippen LogP contribution in [0.5, 0.6) is 0 Å². The van der Waals surface area contributed by atoms with Crippen molar-refractivity contribution in [1.29, 1.82) is 0 Å². The molecular weight excluding hydrogens is 438 g/mol. The Bertz CT molecular complexity index is 1260. The van der Waals surface area contributed by atoms with Gasteiger partial charge in [0.1, 0.15) is 0 Å². The molecule has 1 heterocycles. The number of carbonyl (C=O) groups is 1. The summed E-state index contributed by atoms with van der Waals surface area (Å²) in [5, 5.41) is 0. The van der Waals surface area contributed by atoms with Gasteiger partial charge in [0, 0.05) is 22.9 Å². The minimum absolute atomic E-state index is 0.0553. The summed E-state index contributed by atoms with van der Waals surface area (Å²) in [7, 11) is 0. The fraction of sp³-hybridized carbons (Fsp3) is 0.353. The zero-order valence-electron chi connectivity index (χ0n) is 21.8. The molecule has 184 valence electrons. The van der Waals surface area contributed by atoms with Gasteiger partial charge < -0.3 is 0 Å². The molecule has 5 rings (SSSR count). The number of Topliss-reactive ketones (excluding diaryl/α,β-unsaturated/α-hetero) is 1. The Balaban J connectivity index is 0.000000174. The molecule has 2 aliphatic carbocycles. The standard InChI is InChI=1S/C18H13NO.C16H24/c1-13(20)15-6-4-5-14(11-15)9-10-16-12-19-18-8-3-2-7-17(16)18;1-3-15-6-4-5-7-16(15)12-14-10-8-13(2)9-11-14/h2-8,11-12,17H,1H3;4-7,13-14H,3,8-12H2,1-2H3. The molecule has 36 heavy (non-hydrogen) atoms. The fourth-order valence-corrected chi connectivity index (χ4v) is 5.16. The van der Waals surface area contributed by atoms with E-state index in [1.165, 1.54) is 38.5 Å². The molecule has 0 amide bonds. The first-order valence-corrected chi connectivity index (χ1v) is 13.4. The van der Waals surface area contributed by atoms with Crippen LogP contribution in [0.4, 0.5) is 0 Å². The SMILES string of the molecule is CC(=O)c1cccc(C#CC2=CN=C3C=CC=CC23)c1.CCc1ccccc1CC1CCC(C)CC1. The van der Waals surface area contributed by atoms with Crippen LogP contribution in [0.1, 0.15) is 73.5 Å². The molecule has 2 nitrogen and oxygen atoms in total. The average Bonchev–Trinajstić information content (AvgIpc) is 3.33. The highest BCUT2D eigenvalue weighted by molar-refractivity contribution is 6.04. The maximum absolute atomic E-state index is 11.4.